The highest BCUT2D eigenvalue weighted by Crippen LogP contribution is 2.42. The molecule has 0 aliphatic carbocycles. The summed E-state index contributed by atoms with van der Waals surface area (Å²) in [7, 11) is 0. The van der Waals surface area contributed by atoms with Crippen LogP contribution >= 0.6 is 11.8 Å². The lowest BCUT2D eigenvalue weighted by Gasteiger charge is -2.30. The summed E-state index contributed by atoms with van der Waals surface area (Å²) in [5.41, 5.74) is 5.48. The zero-order valence-electron chi connectivity index (χ0n) is 21.0. The molecule has 1 aliphatic rings. The molecule has 0 saturated heterocycles. The smallest absolute Gasteiger partial charge is 0.265 e. The maximum absolute atomic E-state index is 13.5. The van der Waals surface area contributed by atoms with Crippen LogP contribution in [-0.2, 0) is 17.8 Å². The van der Waals surface area contributed by atoms with Gasteiger partial charge in [-0.15, -0.1) is 0 Å². The normalized spacial score (nSPS) is 13.9. The first kappa shape index (κ1) is 25.5. The Labute approximate surface area is 226 Å². The molecule has 0 fully saturated rings. The zero-order chi connectivity index (χ0) is 26.5. The molecule has 0 spiro atoms. The minimum Gasteiger partial charge on any atom is -0.352 e. The Morgan fingerprint density at radius 3 is 2.32 bits per heavy atom. The van der Waals surface area contributed by atoms with Crippen LogP contribution in [0.25, 0.3) is 6.08 Å². The minimum absolute atomic E-state index is 0.115. The number of nitrogens with zero attached hydrogens (tertiary/aromatic N) is 1. The summed E-state index contributed by atoms with van der Waals surface area (Å²) in [6.45, 7) is 2.95. The Balaban J connectivity index is 1.28. The fraction of sp³-hybridized carbons (Fsp3) is 0.125. The van der Waals surface area contributed by atoms with Crippen molar-refractivity contribution in [3.05, 3.63) is 136 Å². The van der Waals surface area contributed by atoms with Gasteiger partial charge in [0.1, 0.15) is 5.82 Å². The first-order chi connectivity index (χ1) is 18.5. The van der Waals surface area contributed by atoms with Crippen LogP contribution in [0.4, 0.5) is 10.1 Å². The van der Waals surface area contributed by atoms with Crippen molar-refractivity contribution in [1.82, 2.24) is 5.32 Å². The number of aryl methyl sites for hydroxylation is 1. The lowest BCUT2D eigenvalue weighted by atomic mass is 10.1. The first-order valence-corrected chi connectivity index (χ1v) is 13.3. The molecule has 0 unspecified atom stereocenters. The molecular formula is C32H27FN2O2S. The molecule has 0 atom stereocenters. The van der Waals surface area contributed by atoms with E-state index in [0.29, 0.717) is 23.6 Å². The minimum atomic E-state index is -0.307. The molecule has 0 aromatic heterocycles. The van der Waals surface area contributed by atoms with Crippen molar-refractivity contribution in [2.75, 3.05) is 11.4 Å². The molecule has 1 aliphatic heterocycles. The summed E-state index contributed by atoms with van der Waals surface area (Å²) in [6, 6.07) is 29.5. The maximum atomic E-state index is 13.5. The number of nitrogens with one attached hydrogen (secondary N) is 1. The molecule has 190 valence electrons. The quantitative estimate of drug-likeness (QED) is 0.272. The highest BCUT2D eigenvalue weighted by molar-refractivity contribution is 8.04. The molecule has 4 aromatic carbocycles. The second-order valence-corrected chi connectivity index (χ2v) is 10.3. The van der Waals surface area contributed by atoms with Crippen LogP contribution in [0, 0.1) is 12.7 Å². The number of thioether (sulfide) groups is 1. The highest BCUT2D eigenvalue weighted by atomic mass is 32.2. The van der Waals surface area contributed by atoms with Gasteiger partial charge in [-0.05, 0) is 72.5 Å². The largest absolute Gasteiger partial charge is 0.352 e. The molecular weight excluding hydrogens is 495 g/mol. The third-order valence-corrected chi connectivity index (χ3v) is 7.45. The second-order valence-electron chi connectivity index (χ2n) is 9.21. The molecule has 6 heteroatoms. The van der Waals surface area contributed by atoms with Gasteiger partial charge in [-0.3, -0.25) is 9.59 Å². The van der Waals surface area contributed by atoms with E-state index in [2.05, 4.69) is 36.5 Å². The van der Waals surface area contributed by atoms with Crippen molar-refractivity contribution in [2.24, 2.45) is 0 Å². The van der Waals surface area contributed by atoms with Gasteiger partial charge >= 0.3 is 0 Å². The first-order valence-electron chi connectivity index (χ1n) is 12.4. The van der Waals surface area contributed by atoms with Crippen LogP contribution in [-0.4, -0.2) is 18.4 Å². The van der Waals surface area contributed by atoms with Gasteiger partial charge in [0.2, 0.25) is 0 Å². The third kappa shape index (κ3) is 6.03. The van der Waals surface area contributed by atoms with Gasteiger partial charge in [0, 0.05) is 17.0 Å². The Morgan fingerprint density at radius 2 is 1.58 bits per heavy atom. The molecule has 4 aromatic rings. The van der Waals surface area contributed by atoms with E-state index in [4.69, 9.17) is 0 Å². The van der Waals surface area contributed by atoms with E-state index in [1.54, 1.807) is 29.2 Å². The van der Waals surface area contributed by atoms with Crippen molar-refractivity contribution in [3.8, 4) is 0 Å². The summed E-state index contributed by atoms with van der Waals surface area (Å²) in [4.78, 5) is 29.4. The zero-order valence-corrected chi connectivity index (χ0v) is 21.8. The van der Waals surface area contributed by atoms with Crippen LogP contribution in [0.3, 0.4) is 0 Å². The molecule has 0 radical (unpaired) electrons. The number of anilines is 1. The average molecular weight is 523 g/mol. The number of carbonyl (C=O) groups is 2. The van der Waals surface area contributed by atoms with Crippen molar-refractivity contribution < 1.29 is 14.0 Å². The Bertz CT molecular complexity index is 1480. The van der Waals surface area contributed by atoms with Gasteiger partial charge in [-0.25, -0.2) is 4.39 Å². The van der Waals surface area contributed by atoms with Crippen LogP contribution < -0.4 is 10.2 Å². The number of fused-ring (bicyclic) bond motifs is 1. The predicted octanol–water partition coefficient (Wildman–Crippen LogP) is 6.79. The number of para-hydroxylation sites is 1. The van der Waals surface area contributed by atoms with E-state index in [-0.39, 0.29) is 17.6 Å². The number of halogens is 1. The number of carbonyl (C=O) groups excluding carboxylic acids is 2. The lowest BCUT2D eigenvalue weighted by Crippen LogP contribution is -2.33. The Kier molecular flexibility index (Phi) is 7.70. The van der Waals surface area contributed by atoms with Crippen molar-refractivity contribution in [3.63, 3.8) is 0 Å². The van der Waals surface area contributed by atoms with Gasteiger partial charge in [0.05, 0.1) is 17.1 Å². The summed E-state index contributed by atoms with van der Waals surface area (Å²) in [5.74, 6) is -0.548. The number of rotatable bonds is 7. The van der Waals surface area contributed by atoms with E-state index in [1.807, 2.05) is 42.5 Å². The topological polar surface area (TPSA) is 49.4 Å². The van der Waals surface area contributed by atoms with Gasteiger partial charge in [0.15, 0.2) is 0 Å². The molecule has 2 amide bonds. The standard InChI is InChI=1S/C32H27FN2O2S/c1-22-6-8-23(9-7-22)18-19-34-31(36)26-14-10-24(11-15-26)20-30-32(37)35(21-25-12-16-27(33)17-13-25)28-4-2-3-5-29(28)38-30/h2-17,20H,18-19,21H2,1H3,(H,34,36). The molecule has 4 nitrogen and oxygen atoms in total. The van der Waals surface area contributed by atoms with Crippen molar-refractivity contribution in [1.29, 1.82) is 0 Å². The predicted molar refractivity (Wildman–Crippen MR) is 152 cm³/mol. The molecule has 1 heterocycles. The summed E-state index contributed by atoms with van der Waals surface area (Å²) in [6.07, 6.45) is 2.62. The van der Waals surface area contributed by atoms with E-state index >= 15 is 0 Å². The van der Waals surface area contributed by atoms with Crippen LogP contribution in [0.2, 0.25) is 0 Å². The molecule has 0 saturated carbocycles. The SMILES string of the molecule is Cc1ccc(CCNC(=O)c2ccc(C=C3Sc4ccccc4N(Cc4ccc(F)cc4)C3=O)cc2)cc1. The highest BCUT2D eigenvalue weighted by Gasteiger charge is 2.29. The second kappa shape index (κ2) is 11.5. The summed E-state index contributed by atoms with van der Waals surface area (Å²) in [5, 5.41) is 2.97. The monoisotopic (exact) mass is 522 g/mol. The molecule has 5 rings (SSSR count). The number of hydrogen-bond acceptors (Lipinski definition) is 3. The maximum Gasteiger partial charge on any atom is 0.265 e. The Morgan fingerprint density at radius 1 is 0.895 bits per heavy atom. The fourth-order valence-electron chi connectivity index (χ4n) is 4.25. The van der Waals surface area contributed by atoms with Crippen LogP contribution in [0.15, 0.2) is 107 Å². The lowest BCUT2D eigenvalue weighted by molar-refractivity contribution is -0.114. The van der Waals surface area contributed by atoms with E-state index in [9.17, 15) is 14.0 Å². The van der Waals surface area contributed by atoms with E-state index < -0.39 is 0 Å². The number of hydrogen-bond donors (Lipinski definition) is 1. The van der Waals surface area contributed by atoms with E-state index in [1.165, 1.54) is 35.0 Å². The summed E-state index contributed by atoms with van der Waals surface area (Å²) >= 11 is 1.43. The van der Waals surface area contributed by atoms with Gasteiger partial charge in [-0.1, -0.05) is 78.0 Å². The van der Waals surface area contributed by atoms with Crippen molar-refractivity contribution >= 4 is 35.3 Å². The number of amides is 2. The van der Waals surface area contributed by atoms with Gasteiger partial charge < -0.3 is 10.2 Å². The molecule has 1 N–H and O–H groups in total. The average Bonchev–Trinajstić information content (AvgIpc) is 2.93. The van der Waals surface area contributed by atoms with Crippen LogP contribution in [0.1, 0.15) is 32.6 Å². The summed E-state index contributed by atoms with van der Waals surface area (Å²) < 4.78 is 13.4. The van der Waals surface area contributed by atoms with Crippen LogP contribution in [0.5, 0.6) is 0 Å². The molecule has 38 heavy (non-hydrogen) atoms. The molecule has 0 bridgehead atoms. The van der Waals surface area contributed by atoms with E-state index in [0.717, 1.165) is 28.1 Å². The van der Waals surface area contributed by atoms with Gasteiger partial charge in [0.25, 0.3) is 11.8 Å². The fourth-order valence-corrected chi connectivity index (χ4v) is 5.31. The Hall–Kier alpha value is -4.16. The number of benzene rings is 4. The van der Waals surface area contributed by atoms with Crippen molar-refractivity contribution in [2.45, 2.75) is 24.8 Å². The third-order valence-electron chi connectivity index (χ3n) is 6.38. The van der Waals surface area contributed by atoms with Gasteiger partial charge in [-0.2, -0.15) is 0 Å².